The molecule has 1 aromatic heterocycles. The van der Waals surface area contributed by atoms with Gasteiger partial charge in [-0.2, -0.15) is 0 Å². The number of rotatable bonds is 7. The topological polar surface area (TPSA) is 96.3 Å². The highest BCUT2D eigenvalue weighted by Crippen LogP contribution is 2.22. The molecule has 0 saturated carbocycles. The van der Waals surface area contributed by atoms with Crippen LogP contribution in [0.4, 0.5) is 4.79 Å². The fraction of sp³-hybridized carbons (Fsp3) is 0.238. The van der Waals surface area contributed by atoms with Gasteiger partial charge < -0.3 is 15.2 Å². The molecule has 0 aliphatic carbocycles. The van der Waals surface area contributed by atoms with Crippen LogP contribution in [0.25, 0.3) is 0 Å². The number of aromatic nitrogens is 2. The lowest BCUT2D eigenvalue weighted by Gasteiger charge is -2.20. The summed E-state index contributed by atoms with van der Waals surface area (Å²) < 4.78 is 28.1. The van der Waals surface area contributed by atoms with Gasteiger partial charge in [-0.05, 0) is 29.3 Å². The normalized spacial score (nSPS) is 12.5. The van der Waals surface area contributed by atoms with Crippen LogP contribution in [-0.4, -0.2) is 42.4 Å². The molecule has 1 unspecified atom stereocenters. The van der Waals surface area contributed by atoms with Crippen LogP contribution in [0.15, 0.2) is 65.8 Å². The first-order valence-electron chi connectivity index (χ1n) is 9.47. The number of hydrogen-bond donors (Lipinski definition) is 2. The first-order chi connectivity index (χ1) is 14.7. The summed E-state index contributed by atoms with van der Waals surface area (Å²) >= 11 is 6.00. The number of amides is 2. The van der Waals surface area contributed by atoms with Crippen LogP contribution in [0.1, 0.15) is 23.0 Å². The predicted octanol–water partition coefficient (Wildman–Crippen LogP) is 2.91. The number of aryl methyl sites for hydroxylation is 1. The minimum absolute atomic E-state index is 0.0446. The summed E-state index contributed by atoms with van der Waals surface area (Å²) in [5, 5.41) is 6.25. The molecule has 1 atom stereocenters. The molecule has 0 bridgehead atoms. The van der Waals surface area contributed by atoms with Gasteiger partial charge in [-0.25, -0.2) is 22.5 Å². The summed E-state index contributed by atoms with van der Waals surface area (Å²) in [6, 6.07) is 12.7. The van der Waals surface area contributed by atoms with Gasteiger partial charge in [-0.3, -0.25) is 0 Å². The third-order valence-electron chi connectivity index (χ3n) is 4.77. The second-order valence-corrected chi connectivity index (χ2v) is 9.66. The number of hydrogen-bond acceptors (Lipinski definition) is 4. The van der Waals surface area contributed by atoms with Crippen molar-refractivity contribution in [2.45, 2.75) is 17.5 Å². The molecule has 2 amide bonds. The lowest BCUT2D eigenvalue weighted by Crippen LogP contribution is -2.39. The summed E-state index contributed by atoms with van der Waals surface area (Å²) in [4.78, 5) is 17.2. The summed E-state index contributed by atoms with van der Waals surface area (Å²) in [6.07, 6.45) is 3.44. The molecular weight excluding hydrogens is 438 g/mol. The third kappa shape index (κ3) is 5.25. The van der Waals surface area contributed by atoms with E-state index in [9.17, 15) is 13.2 Å². The molecule has 0 spiro atoms. The minimum atomic E-state index is -3.63. The van der Waals surface area contributed by atoms with Gasteiger partial charge in [-0.1, -0.05) is 41.9 Å². The van der Waals surface area contributed by atoms with Crippen molar-refractivity contribution in [3.63, 3.8) is 0 Å². The largest absolute Gasteiger partial charge is 0.336 e. The first kappa shape index (κ1) is 22.8. The molecule has 10 heteroatoms. The number of carbonyl (C=O) groups is 1. The average Bonchev–Trinajstić information content (AvgIpc) is 3.17. The molecule has 0 radical (unpaired) electrons. The number of benzene rings is 2. The molecule has 164 valence electrons. The molecule has 0 aliphatic rings. The zero-order valence-corrected chi connectivity index (χ0v) is 19.0. The van der Waals surface area contributed by atoms with Gasteiger partial charge in [0, 0.05) is 45.1 Å². The van der Waals surface area contributed by atoms with Crippen molar-refractivity contribution in [3.05, 3.63) is 82.9 Å². The van der Waals surface area contributed by atoms with E-state index in [1.54, 1.807) is 42.7 Å². The first-order valence-corrected chi connectivity index (χ1v) is 11.3. The van der Waals surface area contributed by atoms with Gasteiger partial charge in [0.05, 0.1) is 4.90 Å². The Hall–Kier alpha value is -2.88. The van der Waals surface area contributed by atoms with Crippen LogP contribution >= 0.6 is 11.6 Å². The number of urea groups is 1. The zero-order valence-electron chi connectivity index (χ0n) is 17.4. The summed E-state index contributed by atoms with van der Waals surface area (Å²) in [7, 11) is 1.15. The van der Waals surface area contributed by atoms with Gasteiger partial charge in [0.25, 0.3) is 0 Å². The van der Waals surface area contributed by atoms with E-state index in [-0.39, 0.29) is 11.4 Å². The van der Waals surface area contributed by atoms with E-state index in [1.807, 2.05) is 23.7 Å². The molecule has 3 rings (SSSR count). The summed E-state index contributed by atoms with van der Waals surface area (Å²) in [6.45, 7) is 0.0446. The van der Waals surface area contributed by atoms with Crippen molar-refractivity contribution in [3.8, 4) is 0 Å². The van der Waals surface area contributed by atoms with Gasteiger partial charge >= 0.3 is 6.03 Å². The van der Waals surface area contributed by atoms with Gasteiger partial charge in [-0.15, -0.1) is 0 Å². The number of nitrogens with one attached hydrogen (secondary N) is 2. The highest BCUT2D eigenvalue weighted by Gasteiger charge is 2.23. The Kier molecular flexibility index (Phi) is 6.99. The van der Waals surface area contributed by atoms with E-state index in [1.165, 1.54) is 20.2 Å². The molecule has 8 nitrogen and oxygen atoms in total. The number of nitrogens with zero attached hydrogens (tertiary/aromatic N) is 3. The molecule has 31 heavy (non-hydrogen) atoms. The Labute approximate surface area is 186 Å². The van der Waals surface area contributed by atoms with Crippen molar-refractivity contribution in [2.75, 3.05) is 14.1 Å². The monoisotopic (exact) mass is 461 g/mol. The Bertz CT molecular complexity index is 1160. The molecule has 2 N–H and O–H groups in total. The van der Waals surface area contributed by atoms with Crippen LogP contribution in [0.3, 0.4) is 0 Å². The summed E-state index contributed by atoms with van der Waals surface area (Å²) in [5.41, 5.74) is 1.30. The van der Waals surface area contributed by atoms with E-state index in [0.717, 1.165) is 9.87 Å². The number of sulfonamides is 1. The fourth-order valence-electron chi connectivity index (χ4n) is 3.06. The van der Waals surface area contributed by atoms with E-state index in [2.05, 4.69) is 15.6 Å². The van der Waals surface area contributed by atoms with Crippen LogP contribution in [0, 0.1) is 0 Å². The Balaban J connectivity index is 1.79. The predicted molar refractivity (Wildman–Crippen MR) is 119 cm³/mol. The van der Waals surface area contributed by atoms with Crippen LogP contribution < -0.4 is 10.6 Å². The second-order valence-electron chi connectivity index (χ2n) is 7.10. The third-order valence-corrected chi connectivity index (χ3v) is 6.93. The standard InChI is InChI=1S/C21H24ClN5O3S/c1-26(2)31(29,30)18-7-5-4-6-16(18)14-24-21(28)25-19(20-23-12-13-27(20)3)15-8-10-17(22)11-9-15/h4-13,19H,14H2,1-3H3,(H2,24,25,28). The Morgan fingerprint density at radius 1 is 1.16 bits per heavy atom. The van der Waals surface area contributed by atoms with E-state index >= 15 is 0 Å². The maximum Gasteiger partial charge on any atom is 0.315 e. The number of halogens is 1. The van der Waals surface area contributed by atoms with Crippen molar-refractivity contribution >= 4 is 27.7 Å². The van der Waals surface area contributed by atoms with E-state index in [4.69, 9.17) is 11.6 Å². The minimum Gasteiger partial charge on any atom is -0.336 e. The van der Waals surface area contributed by atoms with Gasteiger partial charge in [0.2, 0.25) is 10.0 Å². The highest BCUT2D eigenvalue weighted by atomic mass is 35.5. The smallest absolute Gasteiger partial charge is 0.315 e. The molecule has 0 saturated heterocycles. The van der Waals surface area contributed by atoms with Gasteiger partial charge in [0.1, 0.15) is 11.9 Å². The lowest BCUT2D eigenvalue weighted by atomic mass is 10.1. The lowest BCUT2D eigenvalue weighted by molar-refractivity contribution is 0.237. The Morgan fingerprint density at radius 2 is 1.84 bits per heavy atom. The zero-order chi connectivity index (χ0) is 22.6. The number of carbonyl (C=O) groups excluding carboxylic acids is 1. The Morgan fingerprint density at radius 3 is 2.45 bits per heavy atom. The molecule has 0 fully saturated rings. The van der Waals surface area contributed by atoms with Crippen molar-refractivity contribution in [1.29, 1.82) is 0 Å². The van der Waals surface area contributed by atoms with Crippen LogP contribution in [0.5, 0.6) is 0 Å². The molecular formula is C21H24ClN5O3S. The summed E-state index contributed by atoms with van der Waals surface area (Å²) in [5.74, 6) is 0.646. The number of imidazole rings is 1. The van der Waals surface area contributed by atoms with Crippen molar-refractivity contribution in [1.82, 2.24) is 24.5 Å². The average molecular weight is 462 g/mol. The van der Waals surface area contributed by atoms with E-state index < -0.39 is 22.1 Å². The van der Waals surface area contributed by atoms with Crippen molar-refractivity contribution in [2.24, 2.45) is 7.05 Å². The second kappa shape index (κ2) is 9.51. The molecule has 0 aliphatic heterocycles. The van der Waals surface area contributed by atoms with Crippen molar-refractivity contribution < 1.29 is 13.2 Å². The molecule has 1 heterocycles. The van der Waals surface area contributed by atoms with Crippen LogP contribution in [0.2, 0.25) is 5.02 Å². The SMILES string of the molecule is CN(C)S(=O)(=O)c1ccccc1CNC(=O)NC(c1ccc(Cl)cc1)c1nccn1C. The maximum absolute atomic E-state index is 12.7. The van der Waals surface area contributed by atoms with Crippen LogP contribution in [-0.2, 0) is 23.6 Å². The van der Waals surface area contributed by atoms with Gasteiger partial charge in [0.15, 0.2) is 0 Å². The quantitative estimate of drug-likeness (QED) is 0.565. The highest BCUT2D eigenvalue weighted by molar-refractivity contribution is 7.89. The maximum atomic E-state index is 12.7. The van der Waals surface area contributed by atoms with E-state index in [0.29, 0.717) is 16.4 Å². The molecule has 2 aromatic carbocycles. The molecule has 3 aromatic rings. The fourth-order valence-corrected chi connectivity index (χ4v) is 4.30.